The fourth-order valence-corrected chi connectivity index (χ4v) is 2.19. The Morgan fingerprint density at radius 2 is 2.06 bits per heavy atom. The van der Waals surface area contributed by atoms with Crippen molar-refractivity contribution in [3.05, 3.63) is 30.3 Å². The van der Waals surface area contributed by atoms with Gasteiger partial charge in [0.05, 0.1) is 0 Å². The van der Waals surface area contributed by atoms with Crippen molar-refractivity contribution in [2.24, 2.45) is 0 Å². The first-order valence-electron chi connectivity index (χ1n) is 5.89. The van der Waals surface area contributed by atoms with Gasteiger partial charge in [0.25, 0.3) is 0 Å². The van der Waals surface area contributed by atoms with Gasteiger partial charge < -0.3 is 9.26 Å². The Morgan fingerprint density at radius 3 is 2.67 bits per heavy atom. The molecule has 1 unspecified atom stereocenters. The molecule has 6 heteroatoms. The number of rotatable bonds is 6. The van der Waals surface area contributed by atoms with Crippen LogP contribution in [0.4, 0.5) is 0 Å². The van der Waals surface area contributed by atoms with E-state index in [0.717, 1.165) is 12.8 Å². The standard InChI is InChI=1S/C12H16NO4P/c1-9(12(14)16-10-7-8-10)13-18(15)17-11-5-3-2-4-6-11/h2-6,9-10,18H,7-8H2,1H3,(H,13,15)/t9-/m0/s1. The van der Waals surface area contributed by atoms with Gasteiger partial charge in [0.15, 0.2) is 0 Å². The van der Waals surface area contributed by atoms with E-state index in [-0.39, 0.29) is 12.1 Å². The minimum absolute atomic E-state index is 0.0547. The smallest absolute Gasteiger partial charge is 0.323 e. The molecule has 2 rings (SSSR count). The Hall–Kier alpha value is -1.32. The zero-order valence-electron chi connectivity index (χ0n) is 10.1. The molecular formula is C12H16NO4P. The molecule has 98 valence electrons. The fraction of sp³-hybridized carbons (Fsp3) is 0.417. The number of benzene rings is 1. The molecule has 1 aromatic carbocycles. The molecule has 0 spiro atoms. The Bertz CT molecular complexity index is 433. The summed E-state index contributed by atoms with van der Waals surface area (Å²) in [4.78, 5) is 11.5. The van der Waals surface area contributed by atoms with Gasteiger partial charge in [-0.15, -0.1) is 0 Å². The lowest BCUT2D eigenvalue weighted by molar-refractivity contribution is -0.146. The number of esters is 1. The van der Waals surface area contributed by atoms with Crippen molar-refractivity contribution >= 4 is 14.1 Å². The molecule has 0 bridgehead atoms. The van der Waals surface area contributed by atoms with Crippen LogP contribution in [-0.4, -0.2) is 18.1 Å². The van der Waals surface area contributed by atoms with Crippen molar-refractivity contribution in [3.8, 4) is 5.75 Å². The molecule has 2 atom stereocenters. The number of para-hydroxylation sites is 1. The van der Waals surface area contributed by atoms with E-state index in [9.17, 15) is 9.36 Å². The summed E-state index contributed by atoms with van der Waals surface area (Å²) in [5, 5.41) is 2.61. The number of ether oxygens (including phenoxy) is 1. The largest absolute Gasteiger partial charge is 0.461 e. The average molecular weight is 269 g/mol. The van der Waals surface area contributed by atoms with Crippen molar-refractivity contribution in [3.63, 3.8) is 0 Å². The van der Waals surface area contributed by atoms with Gasteiger partial charge in [0.2, 0.25) is 0 Å². The van der Waals surface area contributed by atoms with E-state index in [1.165, 1.54) is 0 Å². The number of carbonyl (C=O) groups excluding carboxylic acids is 1. The molecule has 1 aromatic rings. The zero-order chi connectivity index (χ0) is 13.0. The van der Waals surface area contributed by atoms with Crippen LogP contribution in [0.1, 0.15) is 19.8 Å². The number of nitrogens with one attached hydrogen (secondary N) is 1. The van der Waals surface area contributed by atoms with Gasteiger partial charge in [-0.05, 0) is 31.9 Å². The lowest BCUT2D eigenvalue weighted by Gasteiger charge is -2.13. The van der Waals surface area contributed by atoms with E-state index < -0.39 is 14.2 Å². The highest BCUT2D eigenvalue weighted by molar-refractivity contribution is 7.37. The summed E-state index contributed by atoms with van der Waals surface area (Å²) in [7, 11) is -2.50. The van der Waals surface area contributed by atoms with Crippen LogP contribution in [0.25, 0.3) is 0 Å². The normalized spacial score (nSPS) is 17.8. The summed E-state index contributed by atoms with van der Waals surface area (Å²) in [6.07, 6.45) is 1.90. The van der Waals surface area contributed by atoms with E-state index in [1.807, 2.05) is 6.07 Å². The van der Waals surface area contributed by atoms with Crippen LogP contribution in [-0.2, 0) is 14.1 Å². The van der Waals surface area contributed by atoms with Crippen molar-refractivity contribution < 1.29 is 18.6 Å². The molecule has 1 aliphatic rings. The van der Waals surface area contributed by atoms with E-state index >= 15 is 0 Å². The van der Waals surface area contributed by atoms with Crippen molar-refractivity contribution in [2.45, 2.75) is 31.9 Å². The van der Waals surface area contributed by atoms with Gasteiger partial charge in [0, 0.05) is 0 Å². The Balaban J connectivity index is 1.77. The molecule has 0 amide bonds. The maximum absolute atomic E-state index is 11.7. The molecule has 0 aliphatic heterocycles. The molecule has 0 heterocycles. The van der Waals surface area contributed by atoms with E-state index in [4.69, 9.17) is 9.26 Å². The number of carbonyl (C=O) groups is 1. The van der Waals surface area contributed by atoms with Gasteiger partial charge in [-0.1, -0.05) is 18.2 Å². The second-order valence-electron chi connectivity index (χ2n) is 4.20. The minimum Gasteiger partial charge on any atom is -0.461 e. The Labute approximate surface area is 106 Å². The summed E-state index contributed by atoms with van der Waals surface area (Å²) in [6.45, 7) is 1.61. The van der Waals surface area contributed by atoms with Crippen molar-refractivity contribution in [1.29, 1.82) is 0 Å². The topological polar surface area (TPSA) is 64.6 Å². The summed E-state index contributed by atoms with van der Waals surface area (Å²) >= 11 is 0. The highest BCUT2D eigenvalue weighted by Gasteiger charge is 2.28. The highest BCUT2D eigenvalue weighted by atomic mass is 31.1. The lowest BCUT2D eigenvalue weighted by atomic mass is 10.3. The Morgan fingerprint density at radius 1 is 1.39 bits per heavy atom. The summed E-state index contributed by atoms with van der Waals surface area (Å²) in [5.41, 5.74) is 0. The van der Waals surface area contributed by atoms with E-state index in [2.05, 4.69) is 5.09 Å². The first kappa shape index (κ1) is 13.1. The van der Waals surface area contributed by atoms with Crippen molar-refractivity contribution in [2.75, 3.05) is 0 Å². The molecule has 1 aliphatic carbocycles. The second kappa shape index (κ2) is 6.03. The molecule has 0 aromatic heterocycles. The minimum atomic E-state index is -2.50. The summed E-state index contributed by atoms with van der Waals surface area (Å²) in [6, 6.07) is 8.20. The van der Waals surface area contributed by atoms with Gasteiger partial charge in [-0.3, -0.25) is 9.36 Å². The third-order valence-electron chi connectivity index (χ3n) is 2.45. The number of hydrogen-bond donors (Lipinski definition) is 1. The fourth-order valence-electron chi connectivity index (χ4n) is 1.31. The summed E-state index contributed by atoms with van der Waals surface area (Å²) < 4.78 is 22.0. The van der Waals surface area contributed by atoms with Crippen LogP contribution in [0.5, 0.6) is 5.75 Å². The summed E-state index contributed by atoms with van der Waals surface area (Å²) in [5.74, 6) is 0.129. The molecule has 1 fully saturated rings. The maximum Gasteiger partial charge on any atom is 0.323 e. The van der Waals surface area contributed by atoms with Gasteiger partial charge in [-0.25, -0.2) is 5.09 Å². The van der Waals surface area contributed by atoms with Crippen LogP contribution in [0.2, 0.25) is 0 Å². The quantitative estimate of drug-likeness (QED) is 0.633. The first-order valence-corrected chi connectivity index (χ1v) is 7.20. The predicted octanol–water partition coefficient (Wildman–Crippen LogP) is 2.14. The molecular weight excluding hydrogens is 253 g/mol. The average Bonchev–Trinajstić information content (AvgIpc) is 3.14. The van der Waals surface area contributed by atoms with Crippen LogP contribution < -0.4 is 9.61 Å². The molecule has 18 heavy (non-hydrogen) atoms. The predicted molar refractivity (Wildman–Crippen MR) is 67.8 cm³/mol. The van der Waals surface area contributed by atoms with Crippen LogP contribution in [0, 0.1) is 0 Å². The molecule has 0 radical (unpaired) electrons. The van der Waals surface area contributed by atoms with Crippen molar-refractivity contribution in [1.82, 2.24) is 5.09 Å². The van der Waals surface area contributed by atoms with Crippen LogP contribution in [0.3, 0.4) is 0 Å². The molecule has 5 nitrogen and oxygen atoms in total. The highest BCUT2D eigenvalue weighted by Crippen LogP contribution is 2.26. The SMILES string of the molecule is C[C@H](N[PH](=O)Oc1ccccc1)C(=O)OC1CC1. The third kappa shape index (κ3) is 4.17. The van der Waals surface area contributed by atoms with Crippen LogP contribution >= 0.6 is 8.18 Å². The monoisotopic (exact) mass is 269 g/mol. The van der Waals surface area contributed by atoms with Gasteiger partial charge in [0.1, 0.15) is 17.9 Å². The van der Waals surface area contributed by atoms with E-state index in [0.29, 0.717) is 5.75 Å². The molecule has 0 saturated heterocycles. The van der Waals surface area contributed by atoms with Gasteiger partial charge >= 0.3 is 14.1 Å². The van der Waals surface area contributed by atoms with Crippen LogP contribution in [0.15, 0.2) is 30.3 Å². The maximum atomic E-state index is 11.7. The second-order valence-corrected chi connectivity index (χ2v) is 5.27. The Kier molecular flexibility index (Phi) is 4.39. The van der Waals surface area contributed by atoms with Gasteiger partial charge in [-0.2, -0.15) is 0 Å². The lowest BCUT2D eigenvalue weighted by Crippen LogP contribution is -2.32. The molecule has 1 N–H and O–H groups in total. The third-order valence-corrected chi connectivity index (χ3v) is 3.54. The molecule has 1 saturated carbocycles. The zero-order valence-corrected chi connectivity index (χ0v) is 11.1. The van der Waals surface area contributed by atoms with E-state index in [1.54, 1.807) is 31.2 Å². The first-order chi connectivity index (χ1) is 8.65. The number of hydrogen-bond acceptors (Lipinski definition) is 4.